The van der Waals surface area contributed by atoms with Gasteiger partial charge in [0.2, 0.25) is 0 Å². The molecule has 16 heavy (non-hydrogen) atoms. The Labute approximate surface area is 99.8 Å². The maximum Gasteiger partial charge on any atom is 0.0139 e. The van der Waals surface area contributed by atoms with Crippen molar-refractivity contribution in [2.75, 3.05) is 20.1 Å². The van der Waals surface area contributed by atoms with Crippen LogP contribution in [0.5, 0.6) is 0 Å². The van der Waals surface area contributed by atoms with Crippen molar-refractivity contribution < 1.29 is 0 Å². The number of nitrogens with zero attached hydrogens (tertiary/aromatic N) is 1. The van der Waals surface area contributed by atoms with Gasteiger partial charge in [0.25, 0.3) is 0 Å². The van der Waals surface area contributed by atoms with Gasteiger partial charge in [-0.3, -0.25) is 4.90 Å². The molecule has 2 heteroatoms. The molecule has 3 aliphatic rings. The first-order chi connectivity index (χ1) is 7.90. The Morgan fingerprint density at radius 2 is 1.88 bits per heavy atom. The monoisotopic (exact) mass is 222 g/mol. The molecule has 0 radical (unpaired) electrons. The minimum absolute atomic E-state index is 0.929. The molecule has 0 amide bonds. The van der Waals surface area contributed by atoms with Crippen molar-refractivity contribution in [2.45, 2.75) is 57.0 Å². The van der Waals surface area contributed by atoms with Gasteiger partial charge in [-0.05, 0) is 70.5 Å². The van der Waals surface area contributed by atoms with Crippen molar-refractivity contribution in [1.82, 2.24) is 10.2 Å². The number of hydrogen-bond donors (Lipinski definition) is 1. The summed E-state index contributed by atoms with van der Waals surface area (Å²) in [4.78, 5) is 2.91. The highest BCUT2D eigenvalue weighted by Crippen LogP contribution is 2.42. The molecule has 0 bridgehead atoms. The number of fused-ring (bicyclic) bond motifs is 1. The van der Waals surface area contributed by atoms with E-state index in [0.29, 0.717) is 0 Å². The van der Waals surface area contributed by atoms with Crippen molar-refractivity contribution in [3.63, 3.8) is 0 Å². The summed E-state index contributed by atoms with van der Waals surface area (Å²) < 4.78 is 0. The summed E-state index contributed by atoms with van der Waals surface area (Å²) in [6.45, 7) is 2.63. The predicted molar refractivity (Wildman–Crippen MR) is 67.5 cm³/mol. The van der Waals surface area contributed by atoms with E-state index < -0.39 is 0 Å². The largest absolute Gasteiger partial charge is 0.319 e. The maximum atomic E-state index is 3.37. The van der Waals surface area contributed by atoms with Crippen LogP contribution in [0.3, 0.4) is 0 Å². The average molecular weight is 222 g/mol. The van der Waals surface area contributed by atoms with Crippen molar-refractivity contribution in [3.05, 3.63) is 0 Å². The topological polar surface area (TPSA) is 15.3 Å². The highest BCUT2D eigenvalue weighted by molar-refractivity contribution is 4.98. The predicted octanol–water partition coefficient (Wildman–Crippen LogP) is 2.25. The normalized spacial score (nSPS) is 44.1. The van der Waals surface area contributed by atoms with Crippen LogP contribution in [0.15, 0.2) is 0 Å². The lowest BCUT2D eigenvalue weighted by atomic mass is 9.76. The molecular weight excluding hydrogens is 196 g/mol. The Morgan fingerprint density at radius 1 is 1.00 bits per heavy atom. The van der Waals surface area contributed by atoms with E-state index in [4.69, 9.17) is 0 Å². The smallest absolute Gasteiger partial charge is 0.0139 e. The van der Waals surface area contributed by atoms with Crippen molar-refractivity contribution in [1.29, 1.82) is 0 Å². The van der Waals surface area contributed by atoms with Crippen LogP contribution in [0.4, 0.5) is 0 Å². The van der Waals surface area contributed by atoms with Crippen LogP contribution >= 0.6 is 0 Å². The summed E-state index contributed by atoms with van der Waals surface area (Å²) >= 11 is 0. The summed E-state index contributed by atoms with van der Waals surface area (Å²) in [5, 5.41) is 3.37. The van der Waals surface area contributed by atoms with Gasteiger partial charge in [-0.2, -0.15) is 0 Å². The molecule has 2 saturated carbocycles. The number of rotatable bonds is 3. The molecule has 0 aromatic rings. The summed E-state index contributed by atoms with van der Waals surface area (Å²) in [6.07, 6.45) is 10.4. The molecule has 1 aliphatic heterocycles. The van der Waals surface area contributed by atoms with E-state index >= 15 is 0 Å². The van der Waals surface area contributed by atoms with Gasteiger partial charge in [0.1, 0.15) is 0 Å². The van der Waals surface area contributed by atoms with Gasteiger partial charge in [0, 0.05) is 12.1 Å². The van der Waals surface area contributed by atoms with Crippen LogP contribution in [0.2, 0.25) is 0 Å². The fourth-order valence-corrected chi connectivity index (χ4v) is 4.39. The molecule has 3 rings (SSSR count). The molecule has 0 spiro atoms. The number of hydrogen-bond acceptors (Lipinski definition) is 2. The standard InChI is InChI=1S/C14H26N2/c1-15-10-12-7-8-14(12)16-9-3-5-11-4-2-6-13(11)16/h11-15H,2-10H2,1H3. The van der Waals surface area contributed by atoms with E-state index in [0.717, 1.165) is 23.9 Å². The second-order valence-corrected chi connectivity index (χ2v) is 6.10. The molecule has 1 heterocycles. The molecule has 1 saturated heterocycles. The molecule has 0 aromatic carbocycles. The summed E-state index contributed by atoms with van der Waals surface area (Å²) in [5.41, 5.74) is 0. The Hall–Kier alpha value is -0.0800. The van der Waals surface area contributed by atoms with Gasteiger partial charge < -0.3 is 5.32 Å². The van der Waals surface area contributed by atoms with E-state index in [2.05, 4.69) is 17.3 Å². The van der Waals surface area contributed by atoms with Crippen molar-refractivity contribution in [2.24, 2.45) is 11.8 Å². The van der Waals surface area contributed by atoms with Crippen LogP contribution in [0.25, 0.3) is 0 Å². The fraction of sp³-hybridized carbons (Fsp3) is 1.00. The maximum absolute atomic E-state index is 3.37. The minimum Gasteiger partial charge on any atom is -0.319 e. The molecule has 4 unspecified atom stereocenters. The van der Waals surface area contributed by atoms with E-state index in [-0.39, 0.29) is 0 Å². The van der Waals surface area contributed by atoms with Gasteiger partial charge in [-0.25, -0.2) is 0 Å². The molecule has 92 valence electrons. The zero-order chi connectivity index (χ0) is 11.0. The lowest BCUT2D eigenvalue weighted by molar-refractivity contribution is -0.00674. The van der Waals surface area contributed by atoms with Gasteiger partial charge in [0.05, 0.1) is 0 Å². The zero-order valence-corrected chi connectivity index (χ0v) is 10.6. The first-order valence-corrected chi connectivity index (χ1v) is 7.30. The highest BCUT2D eigenvalue weighted by Gasteiger charge is 2.43. The molecule has 1 N–H and O–H groups in total. The summed E-state index contributed by atoms with van der Waals surface area (Å²) in [6, 6.07) is 1.90. The van der Waals surface area contributed by atoms with Crippen LogP contribution in [-0.2, 0) is 0 Å². The zero-order valence-electron chi connectivity index (χ0n) is 10.6. The number of piperidine rings is 1. The molecule has 4 atom stereocenters. The van der Waals surface area contributed by atoms with E-state index in [1.54, 1.807) is 0 Å². The van der Waals surface area contributed by atoms with Crippen LogP contribution in [0.1, 0.15) is 44.9 Å². The Balaban J connectivity index is 1.64. The Morgan fingerprint density at radius 3 is 2.62 bits per heavy atom. The van der Waals surface area contributed by atoms with Crippen molar-refractivity contribution >= 4 is 0 Å². The number of nitrogens with one attached hydrogen (secondary N) is 1. The number of likely N-dealkylation sites (tertiary alicyclic amines) is 1. The second kappa shape index (κ2) is 4.66. The lowest BCUT2D eigenvalue weighted by Gasteiger charge is -2.50. The third-order valence-electron chi connectivity index (χ3n) is 5.31. The summed E-state index contributed by atoms with van der Waals surface area (Å²) in [5.74, 6) is 2.01. The van der Waals surface area contributed by atoms with E-state index in [9.17, 15) is 0 Å². The average Bonchev–Trinajstić information content (AvgIpc) is 2.73. The molecule has 2 aliphatic carbocycles. The van der Waals surface area contributed by atoms with Crippen LogP contribution in [0, 0.1) is 11.8 Å². The van der Waals surface area contributed by atoms with E-state index in [1.165, 1.54) is 58.0 Å². The van der Waals surface area contributed by atoms with Gasteiger partial charge in [-0.15, -0.1) is 0 Å². The first kappa shape index (κ1) is 11.0. The molecular formula is C14H26N2. The molecule has 0 aromatic heterocycles. The SMILES string of the molecule is CNCC1CCC1N1CCCC2CCCC21. The van der Waals surface area contributed by atoms with E-state index in [1.807, 2.05) is 0 Å². The van der Waals surface area contributed by atoms with Crippen molar-refractivity contribution in [3.8, 4) is 0 Å². The van der Waals surface area contributed by atoms with Gasteiger partial charge >= 0.3 is 0 Å². The molecule has 2 nitrogen and oxygen atoms in total. The van der Waals surface area contributed by atoms with Gasteiger partial charge in [0.15, 0.2) is 0 Å². The highest BCUT2D eigenvalue weighted by atomic mass is 15.2. The minimum atomic E-state index is 0.929. The first-order valence-electron chi connectivity index (χ1n) is 7.30. The molecule has 3 fully saturated rings. The second-order valence-electron chi connectivity index (χ2n) is 6.10. The van der Waals surface area contributed by atoms with Crippen LogP contribution < -0.4 is 5.32 Å². The Bertz CT molecular complexity index is 241. The summed E-state index contributed by atoms with van der Waals surface area (Å²) in [7, 11) is 2.10. The van der Waals surface area contributed by atoms with Crippen LogP contribution in [-0.4, -0.2) is 37.1 Å². The van der Waals surface area contributed by atoms with Gasteiger partial charge in [-0.1, -0.05) is 6.42 Å². The Kier molecular flexibility index (Phi) is 3.21. The quantitative estimate of drug-likeness (QED) is 0.788. The third-order valence-corrected chi connectivity index (χ3v) is 5.31. The lowest BCUT2D eigenvalue weighted by Crippen LogP contribution is -2.56. The third kappa shape index (κ3) is 1.80. The fourth-order valence-electron chi connectivity index (χ4n) is 4.39.